The van der Waals surface area contributed by atoms with Gasteiger partial charge in [-0.1, -0.05) is 0 Å². The predicted octanol–water partition coefficient (Wildman–Crippen LogP) is 2.59. The maximum Gasteiger partial charge on any atom is 0.407 e. The van der Waals surface area contributed by atoms with Gasteiger partial charge in [0, 0.05) is 25.1 Å². The van der Waals surface area contributed by atoms with E-state index in [0.717, 1.165) is 19.3 Å². The average molecular weight is 333 g/mol. The summed E-state index contributed by atoms with van der Waals surface area (Å²) in [5.41, 5.74) is 0.644. The molecular weight excluding hydrogens is 310 g/mol. The zero-order valence-electron chi connectivity index (χ0n) is 14.0. The number of ether oxygens (including phenoxy) is 1. The van der Waals surface area contributed by atoms with Crippen molar-refractivity contribution >= 4 is 17.7 Å². The molecule has 1 saturated heterocycles. The van der Waals surface area contributed by atoms with Crippen LogP contribution in [0.4, 0.5) is 10.5 Å². The first-order valence-electron chi connectivity index (χ1n) is 8.31. The Morgan fingerprint density at radius 1 is 1.38 bits per heavy atom. The Kier molecular flexibility index (Phi) is 4.34. The zero-order valence-corrected chi connectivity index (χ0v) is 14.0. The maximum atomic E-state index is 12.4. The lowest BCUT2D eigenvalue weighted by Crippen LogP contribution is -2.39. The van der Waals surface area contributed by atoms with Crippen LogP contribution < -0.4 is 10.1 Å². The summed E-state index contributed by atoms with van der Waals surface area (Å²) < 4.78 is 5.48. The highest BCUT2D eigenvalue weighted by molar-refractivity contribution is 5.95. The molecule has 0 unspecified atom stereocenters. The normalized spacial score (nSPS) is 21.6. The van der Waals surface area contributed by atoms with Crippen LogP contribution in [0.25, 0.3) is 0 Å². The van der Waals surface area contributed by atoms with Crippen molar-refractivity contribution in [3.05, 3.63) is 18.3 Å². The SMILES string of the molecule is CC(C)Oc1ccc(NC(=O)[C@H]2CC23CCN(C(=O)O)CC3)cn1. The van der Waals surface area contributed by atoms with Gasteiger partial charge in [-0.05, 0) is 44.6 Å². The Bertz CT molecular complexity index is 621. The van der Waals surface area contributed by atoms with Crippen LogP contribution in [-0.4, -0.2) is 46.2 Å². The highest BCUT2D eigenvalue weighted by atomic mass is 16.5. The number of carbonyl (C=O) groups is 2. The summed E-state index contributed by atoms with van der Waals surface area (Å²) in [5, 5.41) is 11.9. The standard InChI is InChI=1S/C17H23N3O4/c1-11(2)24-14-4-3-12(10-18-14)19-15(21)13-9-17(13)5-7-20(8-6-17)16(22)23/h3-4,10-11,13H,5-9H2,1-2H3,(H,19,21)(H,22,23)/t13-/m1/s1. The van der Waals surface area contributed by atoms with Crippen LogP contribution >= 0.6 is 0 Å². The van der Waals surface area contributed by atoms with Crippen molar-refractivity contribution in [2.24, 2.45) is 11.3 Å². The van der Waals surface area contributed by atoms with E-state index < -0.39 is 6.09 Å². The molecule has 24 heavy (non-hydrogen) atoms. The molecule has 2 aliphatic rings. The number of carbonyl (C=O) groups excluding carboxylic acids is 1. The van der Waals surface area contributed by atoms with Gasteiger partial charge in [-0.15, -0.1) is 0 Å². The second kappa shape index (κ2) is 6.30. The number of carboxylic acid groups (broad SMARTS) is 1. The fourth-order valence-electron chi connectivity index (χ4n) is 3.41. The smallest absolute Gasteiger partial charge is 0.407 e. The molecule has 1 spiro atoms. The maximum absolute atomic E-state index is 12.4. The summed E-state index contributed by atoms with van der Waals surface area (Å²) in [6.45, 7) is 4.89. The molecule has 1 aromatic rings. The zero-order chi connectivity index (χ0) is 17.3. The number of pyridine rings is 1. The average Bonchev–Trinajstić information content (AvgIpc) is 3.23. The van der Waals surface area contributed by atoms with E-state index in [1.54, 1.807) is 18.3 Å². The van der Waals surface area contributed by atoms with Crippen LogP contribution in [-0.2, 0) is 4.79 Å². The quantitative estimate of drug-likeness (QED) is 0.883. The summed E-state index contributed by atoms with van der Waals surface area (Å²) in [4.78, 5) is 29.0. The van der Waals surface area contributed by atoms with Gasteiger partial charge in [-0.25, -0.2) is 9.78 Å². The summed E-state index contributed by atoms with van der Waals surface area (Å²) in [6.07, 6.45) is 3.14. The van der Waals surface area contributed by atoms with Crippen molar-refractivity contribution in [1.82, 2.24) is 9.88 Å². The molecule has 0 bridgehead atoms. The molecule has 7 heteroatoms. The van der Waals surface area contributed by atoms with Gasteiger partial charge >= 0.3 is 6.09 Å². The van der Waals surface area contributed by atoms with E-state index in [1.807, 2.05) is 13.8 Å². The Hall–Kier alpha value is -2.31. The number of hydrogen-bond acceptors (Lipinski definition) is 4. The number of rotatable bonds is 4. The molecular formula is C17H23N3O4. The van der Waals surface area contributed by atoms with Crippen molar-refractivity contribution < 1.29 is 19.4 Å². The van der Waals surface area contributed by atoms with E-state index in [9.17, 15) is 9.59 Å². The summed E-state index contributed by atoms with van der Waals surface area (Å²) >= 11 is 0. The molecule has 2 amide bonds. The molecule has 7 nitrogen and oxygen atoms in total. The van der Waals surface area contributed by atoms with E-state index in [1.165, 1.54) is 4.90 Å². The lowest BCUT2D eigenvalue weighted by molar-refractivity contribution is -0.118. The predicted molar refractivity (Wildman–Crippen MR) is 88.0 cm³/mol. The molecule has 2 N–H and O–H groups in total. The first kappa shape index (κ1) is 16.5. The third-order valence-electron chi connectivity index (χ3n) is 4.90. The van der Waals surface area contributed by atoms with Crippen LogP contribution in [0, 0.1) is 11.3 Å². The highest BCUT2D eigenvalue weighted by Gasteiger charge is 2.58. The minimum Gasteiger partial charge on any atom is -0.475 e. The van der Waals surface area contributed by atoms with Crippen molar-refractivity contribution in [3.8, 4) is 5.88 Å². The van der Waals surface area contributed by atoms with E-state index in [-0.39, 0.29) is 23.3 Å². The summed E-state index contributed by atoms with van der Waals surface area (Å²) in [6, 6.07) is 3.52. The minimum atomic E-state index is -0.874. The molecule has 130 valence electrons. The topological polar surface area (TPSA) is 91.8 Å². The van der Waals surface area contributed by atoms with Crippen LogP contribution in [0.5, 0.6) is 5.88 Å². The number of likely N-dealkylation sites (tertiary alicyclic amines) is 1. The van der Waals surface area contributed by atoms with Gasteiger partial charge in [-0.2, -0.15) is 0 Å². The van der Waals surface area contributed by atoms with Gasteiger partial charge in [0.15, 0.2) is 0 Å². The van der Waals surface area contributed by atoms with Crippen LogP contribution in [0.3, 0.4) is 0 Å². The van der Waals surface area contributed by atoms with Gasteiger partial charge in [0.2, 0.25) is 11.8 Å². The second-order valence-corrected chi connectivity index (χ2v) is 6.93. The fraction of sp³-hybridized carbons (Fsp3) is 0.588. The number of anilines is 1. The van der Waals surface area contributed by atoms with E-state index in [4.69, 9.17) is 9.84 Å². The molecule has 0 radical (unpaired) electrons. The van der Waals surface area contributed by atoms with Crippen molar-refractivity contribution in [1.29, 1.82) is 0 Å². The lowest BCUT2D eigenvalue weighted by Gasteiger charge is -2.30. The molecule has 2 fully saturated rings. The Labute approximate surface area is 141 Å². The van der Waals surface area contributed by atoms with Gasteiger partial charge in [0.05, 0.1) is 18.0 Å². The number of amides is 2. The van der Waals surface area contributed by atoms with E-state index in [0.29, 0.717) is 24.7 Å². The van der Waals surface area contributed by atoms with E-state index >= 15 is 0 Å². The summed E-state index contributed by atoms with van der Waals surface area (Å²) in [7, 11) is 0. The Morgan fingerprint density at radius 3 is 2.62 bits per heavy atom. The molecule has 1 aliphatic heterocycles. The first-order chi connectivity index (χ1) is 11.4. The highest BCUT2D eigenvalue weighted by Crippen LogP contribution is 2.59. The number of nitrogens with zero attached hydrogens (tertiary/aromatic N) is 2. The number of aromatic nitrogens is 1. The van der Waals surface area contributed by atoms with Crippen LogP contribution in [0.1, 0.15) is 33.1 Å². The number of piperidine rings is 1. The van der Waals surface area contributed by atoms with Gasteiger partial charge in [0.1, 0.15) is 0 Å². The third-order valence-corrected chi connectivity index (χ3v) is 4.90. The first-order valence-corrected chi connectivity index (χ1v) is 8.31. The molecule has 1 aromatic heterocycles. The van der Waals surface area contributed by atoms with Crippen molar-refractivity contribution in [3.63, 3.8) is 0 Å². The largest absolute Gasteiger partial charge is 0.475 e. The lowest BCUT2D eigenvalue weighted by atomic mass is 9.91. The van der Waals surface area contributed by atoms with Gasteiger partial charge < -0.3 is 20.1 Å². The van der Waals surface area contributed by atoms with Crippen LogP contribution in [0.15, 0.2) is 18.3 Å². The van der Waals surface area contributed by atoms with Gasteiger partial charge in [-0.3, -0.25) is 4.79 Å². The van der Waals surface area contributed by atoms with E-state index in [2.05, 4.69) is 10.3 Å². The summed E-state index contributed by atoms with van der Waals surface area (Å²) in [5.74, 6) is 0.505. The molecule has 3 rings (SSSR count). The van der Waals surface area contributed by atoms with Gasteiger partial charge in [0.25, 0.3) is 0 Å². The number of hydrogen-bond donors (Lipinski definition) is 2. The molecule has 2 heterocycles. The number of nitrogens with one attached hydrogen (secondary N) is 1. The Morgan fingerprint density at radius 2 is 2.08 bits per heavy atom. The fourth-order valence-corrected chi connectivity index (χ4v) is 3.41. The molecule has 0 aromatic carbocycles. The molecule has 1 aliphatic carbocycles. The molecule has 1 atom stereocenters. The van der Waals surface area contributed by atoms with Crippen molar-refractivity contribution in [2.75, 3.05) is 18.4 Å². The molecule has 1 saturated carbocycles. The third kappa shape index (κ3) is 3.44. The monoisotopic (exact) mass is 333 g/mol. The minimum absolute atomic E-state index is 0.00176. The Balaban J connectivity index is 1.53. The second-order valence-electron chi connectivity index (χ2n) is 6.93. The van der Waals surface area contributed by atoms with Crippen LogP contribution in [0.2, 0.25) is 0 Å². The van der Waals surface area contributed by atoms with Crippen molar-refractivity contribution in [2.45, 2.75) is 39.2 Å².